The van der Waals surface area contributed by atoms with Crippen LogP contribution in [0.15, 0.2) is 61.1 Å². The summed E-state index contributed by atoms with van der Waals surface area (Å²) in [5, 5.41) is 10.8. The first-order valence-electron chi connectivity index (χ1n) is 11.5. The zero-order valence-electron chi connectivity index (χ0n) is 20.7. The van der Waals surface area contributed by atoms with Gasteiger partial charge in [-0.15, -0.1) is 0 Å². The molecule has 0 saturated heterocycles. The van der Waals surface area contributed by atoms with Crippen molar-refractivity contribution in [3.05, 3.63) is 106 Å². The van der Waals surface area contributed by atoms with Crippen LogP contribution in [0.1, 0.15) is 45.7 Å². The third-order valence-corrected chi connectivity index (χ3v) is 6.20. The number of benzene rings is 2. The van der Waals surface area contributed by atoms with Gasteiger partial charge in [-0.05, 0) is 54.8 Å². The predicted molar refractivity (Wildman–Crippen MR) is 130 cm³/mol. The molecule has 4 aromatic rings. The molecule has 1 unspecified atom stereocenters. The second-order valence-corrected chi connectivity index (χ2v) is 8.97. The Kier molecular flexibility index (Phi) is 7.21. The van der Waals surface area contributed by atoms with Gasteiger partial charge in [-0.25, -0.2) is 8.78 Å². The number of aromatic nitrogens is 3. The summed E-state index contributed by atoms with van der Waals surface area (Å²) < 4.78 is 73.7. The molecule has 0 aliphatic heterocycles. The van der Waals surface area contributed by atoms with E-state index in [4.69, 9.17) is 5.41 Å². The highest BCUT2D eigenvalue weighted by molar-refractivity contribution is 5.96. The van der Waals surface area contributed by atoms with Gasteiger partial charge in [-0.2, -0.15) is 13.2 Å². The number of imidazole rings is 1. The summed E-state index contributed by atoms with van der Waals surface area (Å²) in [5.41, 5.74) is -1.38. The van der Waals surface area contributed by atoms with Crippen molar-refractivity contribution in [2.75, 3.05) is 0 Å². The Labute approximate surface area is 214 Å². The molecular formula is C27H24F5N5O. The van der Waals surface area contributed by atoms with Crippen LogP contribution < -0.4 is 10.9 Å². The maximum atomic E-state index is 15.8. The van der Waals surface area contributed by atoms with Crippen molar-refractivity contribution in [2.24, 2.45) is 7.05 Å². The smallest absolute Gasteiger partial charge is 0.345 e. The molecule has 1 atom stereocenters. The maximum absolute atomic E-state index is 15.8. The highest BCUT2D eigenvalue weighted by atomic mass is 19.4. The molecule has 38 heavy (non-hydrogen) atoms. The van der Waals surface area contributed by atoms with E-state index < -0.39 is 52.1 Å². The van der Waals surface area contributed by atoms with E-state index in [1.807, 2.05) is 0 Å². The van der Waals surface area contributed by atoms with Crippen LogP contribution in [0.4, 0.5) is 22.0 Å². The third kappa shape index (κ3) is 5.36. The standard InChI is InChI=1S/C27H24F5N5O/c1-15-11-18(6-7-22(15)28)16(2)35-25(38)21-13-17(14-37-10-9-36(3)26(37)33)12-20(23(21)29)19-5-4-8-34-24(19)27(30,31)32/h4-13,16,33H,14H2,1-3H3,(H,35,38). The number of nitrogens with one attached hydrogen (secondary N) is 2. The molecule has 6 nitrogen and oxygen atoms in total. The van der Waals surface area contributed by atoms with Gasteiger partial charge in [0.05, 0.1) is 18.2 Å². The lowest BCUT2D eigenvalue weighted by Crippen LogP contribution is -2.28. The number of nitrogens with zero attached hydrogens (tertiary/aromatic N) is 3. The highest BCUT2D eigenvalue weighted by Crippen LogP contribution is 2.37. The summed E-state index contributed by atoms with van der Waals surface area (Å²) in [6.07, 6.45) is -0.690. The number of amides is 1. The molecule has 1 amide bonds. The van der Waals surface area contributed by atoms with E-state index in [9.17, 15) is 22.4 Å². The molecule has 2 aromatic heterocycles. The van der Waals surface area contributed by atoms with E-state index in [2.05, 4.69) is 10.3 Å². The minimum absolute atomic E-state index is 0.00154. The Morgan fingerprint density at radius 2 is 1.84 bits per heavy atom. The van der Waals surface area contributed by atoms with Crippen molar-refractivity contribution in [3.8, 4) is 11.1 Å². The lowest BCUT2D eigenvalue weighted by atomic mass is 9.96. The number of hydrogen-bond donors (Lipinski definition) is 2. The van der Waals surface area contributed by atoms with Gasteiger partial charge < -0.3 is 14.5 Å². The molecule has 0 fully saturated rings. The lowest BCUT2D eigenvalue weighted by Gasteiger charge is -2.18. The minimum Gasteiger partial charge on any atom is -0.345 e. The summed E-state index contributed by atoms with van der Waals surface area (Å²) in [7, 11) is 1.65. The van der Waals surface area contributed by atoms with Gasteiger partial charge in [0.2, 0.25) is 5.62 Å². The molecule has 2 aromatic carbocycles. The molecule has 0 spiro atoms. The fourth-order valence-electron chi connectivity index (χ4n) is 4.13. The maximum Gasteiger partial charge on any atom is 0.433 e. The molecule has 2 heterocycles. The molecule has 11 heteroatoms. The average molecular weight is 530 g/mol. The Balaban J connectivity index is 1.81. The summed E-state index contributed by atoms with van der Waals surface area (Å²) in [6, 6.07) is 8.46. The van der Waals surface area contributed by atoms with E-state index >= 15 is 4.39 Å². The fraction of sp³-hybridized carbons (Fsp3) is 0.222. The summed E-state index contributed by atoms with van der Waals surface area (Å²) in [6.45, 7) is 3.20. The summed E-state index contributed by atoms with van der Waals surface area (Å²) >= 11 is 0. The molecule has 2 N–H and O–H groups in total. The number of hydrogen-bond acceptors (Lipinski definition) is 3. The SMILES string of the molecule is Cc1cc(C(C)NC(=O)c2cc(Cn3ccn(C)c3=N)cc(-c3cccnc3C(F)(F)F)c2F)ccc1F. The van der Waals surface area contributed by atoms with E-state index in [0.29, 0.717) is 16.7 Å². The van der Waals surface area contributed by atoms with Crippen LogP contribution in [-0.4, -0.2) is 20.0 Å². The largest absolute Gasteiger partial charge is 0.433 e. The first-order chi connectivity index (χ1) is 17.9. The third-order valence-electron chi connectivity index (χ3n) is 6.20. The van der Waals surface area contributed by atoms with Crippen molar-refractivity contribution in [3.63, 3.8) is 0 Å². The van der Waals surface area contributed by atoms with Crippen LogP contribution in [0.2, 0.25) is 0 Å². The second-order valence-electron chi connectivity index (χ2n) is 8.97. The van der Waals surface area contributed by atoms with Crippen LogP contribution >= 0.6 is 0 Å². The van der Waals surface area contributed by atoms with Crippen molar-refractivity contribution in [1.29, 1.82) is 5.41 Å². The number of aryl methyl sites for hydroxylation is 2. The molecule has 0 saturated carbocycles. The second kappa shape index (κ2) is 10.2. The fourth-order valence-corrected chi connectivity index (χ4v) is 4.13. The highest BCUT2D eigenvalue weighted by Gasteiger charge is 2.36. The van der Waals surface area contributed by atoms with Gasteiger partial charge in [0.15, 0.2) is 5.69 Å². The van der Waals surface area contributed by atoms with Crippen LogP contribution in [0, 0.1) is 24.0 Å². The zero-order chi connectivity index (χ0) is 27.8. The molecule has 0 aliphatic carbocycles. The molecule has 0 aliphatic rings. The van der Waals surface area contributed by atoms with Gasteiger partial charge in [-0.3, -0.25) is 15.2 Å². The first-order valence-corrected chi connectivity index (χ1v) is 11.5. The van der Waals surface area contributed by atoms with Crippen LogP contribution in [0.5, 0.6) is 0 Å². The van der Waals surface area contributed by atoms with Gasteiger partial charge in [0, 0.05) is 36.8 Å². The number of carbonyl (C=O) groups is 1. The molecule has 0 bridgehead atoms. The van der Waals surface area contributed by atoms with Crippen LogP contribution in [-0.2, 0) is 19.8 Å². The normalized spacial score (nSPS) is 12.4. The topological polar surface area (TPSA) is 75.7 Å². The van der Waals surface area contributed by atoms with E-state index in [0.717, 1.165) is 12.3 Å². The van der Waals surface area contributed by atoms with Crippen molar-refractivity contribution in [2.45, 2.75) is 32.6 Å². The van der Waals surface area contributed by atoms with E-state index in [1.54, 1.807) is 39.4 Å². The minimum atomic E-state index is -4.86. The van der Waals surface area contributed by atoms with Gasteiger partial charge in [0.1, 0.15) is 11.6 Å². The van der Waals surface area contributed by atoms with E-state index in [1.165, 1.54) is 39.5 Å². The van der Waals surface area contributed by atoms with Crippen LogP contribution in [0.25, 0.3) is 11.1 Å². The number of alkyl halides is 3. The molecule has 4 rings (SSSR count). The number of rotatable bonds is 6. The Bertz CT molecular complexity index is 1570. The first kappa shape index (κ1) is 26.8. The van der Waals surface area contributed by atoms with Gasteiger partial charge in [0.25, 0.3) is 5.91 Å². The summed E-state index contributed by atoms with van der Waals surface area (Å²) in [4.78, 5) is 16.6. The zero-order valence-corrected chi connectivity index (χ0v) is 20.7. The number of carbonyl (C=O) groups excluding carboxylic acids is 1. The predicted octanol–water partition coefficient (Wildman–Crippen LogP) is 5.51. The van der Waals surface area contributed by atoms with Crippen molar-refractivity contribution < 1.29 is 26.7 Å². The molecule has 0 radical (unpaired) electrons. The Hall–Kier alpha value is -4.28. The van der Waals surface area contributed by atoms with Gasteiger partial charge in [-0.1, -0.05) is 18.2 Å². The Morgan fingerprint density at radius 3 is 2.47 bits per heavy atom. The summed E-state index contributed by atoms with van der Waals surface area (Å²) in [5.74, 6) is -2.42. The van der Waals surface area contributed by atoms with Gasteiger partial charge >= 0.3 is 6.18 Å². The molecule has 198 valence electrons. The van der Waals surface area contributed by atoms with Crippen LogP contribution in [0.3, 0.4) is 0 Å². The van der Waals surface area contributed by atoms with E-state index in [-0.39, 0.29) is 12.2 Å². The lowest BCUT2D eigenvalue weighted by molar-refractivity contribution is -0.140. The number of pyridine rings is 1. The van der Waals surface area contributed by atoms with Crippen molar-refractivity contribution >= 4 is 5.91 Å². The van der Waals surface area contributed by atoms with Crippen molar-refractivity contribution in [1.82, 2.24) is 19.4 Å². The quantitative estimate of drug-likeness (QED) is 0.323. The average Bonchev–Trinajstić information content (AvgIpc) is 3.18. The monoisotopic (exact) mass is 529 g/mol. The number of halogens is 5. The Morgan fingerprint density at radius 1 is 1.11 bits per heavy atom. The molecular weight excluding hydrogens is 505 g/mol.